The average Bonchev–Trinajstić information content (AvgIpc) is 3.07. The fourth-order valence-electron chi connectivity index (χ4n) is 2.52. The van der Waals surface area contributed by atoms with Gasteiger partial charge >= 0.3 is 5.97 Å². The molecular formula is C22H26N4O4S. The van der Waals surface area contributed by atoms with Gasteiger partial charge in [0.2, 0.25) is 0 Å². The van der Waals surface area contributed by atoms with E-state index in [1.54, 1.807) is 13.1 Å². The molecule has 2 rings (SSSR count). The molecule has 2 aromatic rings. The second-order valence-electron chi connectivity index (χ2n) is 6.66. The molecule has 0 aliphatic heterocycles. The van der Waals surface area contributed by atoms with Crippen LogP contribution in [0.3, 0.4) is 0 Å². The number of hydrogen-bond donors (Lipinski definition) is 1. The van der Waals surface area contributed by atoms with Crippen LogP contribution in [0.15, 0.2) is 41.7 Å². The first-order chi connectivity index (χ1) is 14.9. The van der Waals surface area contributed by atoms with Crippen molar-refractivity contribution in [3.8, 4) is 11.8 Å². The van der Waals surface area contributed by atoms with Crippen molar-refractivity contribution in [3.63, 3.8) is 0 Å². The van der Waals surface area contributed by atoms with Crippen LogP contribution >= 0.6 is 11.3 Å². The highest BCUT2D eigenvalue weighted by Gasteiger charge is 2.16. The third-order valence-electron chi connectivity index (χ3n) is 4.12. The Balaban J connectivity index is 2.28. The normalized spacial score (nSPS) is 12.3. The van der Waals surface area contributed by atoms with Crippen molar-refractivity contribution < 1.29 is 14.3 Å². The van der Waals surface area contributed by atoms with Gasteiger partial charge in [0.1, 0.15) is 34.2 Å². The van der Waals surface area contributed by atoms with Crippen molar-refractivity contribution in [2.24, 2.45) is 0 Å². The molecule has 1 aromatic carbocycles. The fraction of sp³-hybridized carbons (Fsp3) is 0.318. The van der Waals surface area contributed by atoms with E-state index in [0.717, 1.165) is 29.3 Å². The molecule has 1 aromatic heterocycles. The van der Waals surface area contributed by atoms with Gasteiger partial charge in [-0.3, -0.25) is 9.36 Å². The van der Waals surface area contributed by atoms with Gasteiger partial charge < -0.3 is 19.7 Å². The fourth-order valence-corrected chi connectivity index (χ4v) is 3.60. The summed E-state index contributed by atoms with van der Waals surface area (Å²) in [4.78, 5) is 26.9. The van der Waals surface area contributed by atoms with Gasteiger partial charge in [-0.25, -0.2) is 4.79 Å². The van der Waals surface area contributed by atoms with Crippen LogP contribution < -0.4 is 24.8 Å². The Morgan fingerprint density at radius 2 is 2.06 bits per heavy atom. The number of benzene rings is 1. The van der Waals surface area contributed by atoms with E-state index < -0.39 is 5.97 Å². The first-order valence-electron chi connectivity index (χ1n) is 9.67. The summed E-state index contributed by atoms with van der Waals surface area (Å²) in [7, 11) is 3.96. The lowest BCUT2D eigenvalue weighted by molar-refractivity contribution is -0.135. The van der Waals surface area contributed by atoms with E-state index in [1.807, 2.05) is 49.3 Å². The second-order valence-corrected chi connectivity index (χ2v) is 7.69. The van der Waals surface area contributed by atoms with Crippen LogP contribution in [0.1, 0.15) is 6.92 Å². The Labute approximate surface area is 184 Å². The highest BCUT2D eigenvalue weighted by atomic mass is 32.1. The molecule has 0 spiro atoms. The maximum Gasteiger partial charge on any atom is 0.352 e. The Kier molecular flexibility index (Phi) is 9.06. The number of anilines is 1. The predicted octanol–water partition coefficient (Wildman–Crippen LogP) is 1.12. The minimum absolute atomic E-state index is 0.0128. The molecule has 1 heterocycles. The summed E-state index contributed by atoms with van der Waals surface area (Å²) in [6, 6.07) is 9.22. The Bertz CT molecular complexity index is 1120. The van der Waals surface area contributed by atoms with Crippen molar-refractivity contribution in [3.05, 3.63) is 56.5 Å². The molecule has 8 nitrogen and oxygen atoms in total. The van der Waals surface area contributed by atoms with Crippen molar-refractivity contribution in [1.29, 1.82) is 5.26 Å². The summed E-state index contributed by atoms with van der Waals surface area (Å²) in [5.41, 5.74) is 0.278. The van der Waals surface area contributed by atoms with E-state index in [-0.39, 0.29) is 22.4 Å². The third-order valence-corrected chi connectivity index (χ3v) is 5.25. The van der Waals surface area contributed by atoms with Crippen molar-refractivity contribution >= 4 is 34.8 Å². The van der Waals surface area contributed by atoms with Crippen LogP contribution in [0.5, 0.6) is 5.75 Å². The zero-order valence-corrected chi connectivity index (χ0v) is 18.7. The van der Waals surface area contributed by atoms with Crippen LogP contribution in [-0.2, 0) is 16.1 Å². The maximum atomic E-state index is 12.7. The van der Waals surface area contributed by atoms with Crippen LogP contribution in [0.25, 0.3) is 11.8 Å². The summed E-state index contributed by atoms with van der Waals surface area (Å²) >= 11 is 1.06. The highest BCUT2D eigenvalue weighted by Crippen LogP contribution is 2.15. The van der Waals surface area contributed by atoms with Crippen LogP contribution in [0.2, 0.25) is 0 Å². The summed E-state index contributed by atoms with van der Waals surface area (Å²) in [6.45, 7) is 6.96. The molecule has 0 aliphatic rings. The number of nitrogens with one attached hydrogen (secondary N) is 1. The lowest BCUT2D eigenvalue weighted by Crippen LogP contribution is -2.32. The molecule has 1 N–H and O–H groups in total. The number of esters is 1. The average molecular weight is 443 g/mol. The van der Waals surface area contributed by atoms with Gasteiger partial charge in [0.25, 0.3) is 5.56 Å². The first kappa shape index (κ1) is 23.9. The highest BCUT2D eigenvalue weighted by molar-refractivity contribution is 7.07. The quantitative estimate of drug-likeness (QED) is 0.435. The third kappa shape index (κ3) is 6.57. The zero-order valence-electron chi connectivity index (χ0n) is 17.9. The number of likely N-dealkylation sites (N-methyl/N-ethyl adjacent to an activating group) is 1. The lowest BCUT2D eigenvalue weighted by atomic mass is 10.3. The number of thiazole rings is 1. The van der Waals surface area contributed by atoms with E-state index in [2.05, 4.69) is 11.9 Å². The van der Waals surface area contributed by atoms with Crippen LogP contribution in [0, 0.1) is 11.3 Å². The van der Waals surface area contributed by atoms with Gasteiger partial charge in [-0.1, -0.05) is 12.7 Å². The first-order valence-corrected chi connectivity index (χ1v) is 10.5. The van der Waals surface area contributed by atoms with E-state index in [4.69, 9.17) is 9.47 Å². The largest absolute Gasteiger partial charge is 0.492 e. The topological polar surface area (TPSA) is 96.6 Å². The number of nitriles is 1. The number of carbonyl (C=O) groups is 1. The maximum absolute atomic E-state index is 12.7. The van der Waals surface area contributed by atoms with E-state index >= 15 is 0 Å². The number of nitrogens with zero attached hydrogens (tertiary/aromatic N) is 3. The number of carbonyl (C=O) groups excluding carboxylic acids is 1. The minimum Gasteiger partial charge on any atom is -0.492 e. The molecule has 0 amide bonds. The van der Waals surface area contributed by atoms with Crippen LogP contribution in [-0.4, -0.2) is 49.3 Å². The monoisotopic (exact) mass is 442 g/mol. The number of aromatic nitrogens is 1. The molecule has 0 fully saturated rings. The molecule has 164 valence electrons. The smallest absolute Gasteiger partial charge is 0.352 e. The lowest BCUT2D eigenvalue weighted by Gasteiger charge is -2.11. The summed E-state index contributed by atoms with van der Waals surface area (Å²) < 4.78 is 12.6. The molecule has 0 saturated heterocycles. The van der Waals surface area contributed by atoms with Crippen molar-refractivity contribution in [2.45, 2.75) is 13.5 Å². The van der Waals surface area contributed by atoms with E-state index in [9.17, 15) is 14.9 Å². The number of rotatable bonds is 10. The Morgan fingerprint density at radius 3 is 2.65 bits per heavy atom. The summed E-state index contributed by atoms with van der Waals surface area (Å²) in [6.07, 6.45) is 2.98. The standard InChI is InChI=1S/C22H26N4O4S/c1-5-12-30-22(28)18(14-23)21-26(6-2)20(27)19(31-21)15-24-16-7-9-17(10-8-16)29-13-11-25(3)4/h5,7-10,15,24H,1,6,11-13H2,2-4H3. The van der Waals surface area contributed by atoms with Gasteiger partial charge in [0, 0.05) is 25.0 Å². The summed E-state index contributed by atoms with van der Waals surface area (Å²) in [5, 5.41) is 12.5. The van der Waals surface area contributed by atoms with Gasteiger partial charge in [0.15, 0.2) is 5.57 Å². The van der Waals surface area contributed by atoms with Gasteiger partial charge in [-0.05, 0) is 45.3 Å². The van der Waals surface area contributed by atoms with Crippen molar-refractivity contribution in [1.82, 2.24) is 9.47 Å². The van der Waals surface area contributed by atoms with Gasteiger partial charge in [-0.2, -0.15) is 5.26 Å². The zero-order chi connectivity index (χ0) is 22.8. The van der Waals surface area contributed by atoms with Gasteiger partial charge in [0.05, 0.1) is 0 Å². The SMILES string of the molecule is C=CCOC(=O)C(C#N)=c1sc(=CNc2ccc(OCCN(C)C)cc2)c(=O)n1CC. The number of hydrogen-bond acceptors (Lipinski definition) is 8. The predicted molar refractivity (Wildman–Crippen MR) is 122 cm³/mol. The van der Waals surface area contributed by atoms with E-state index in [0.29, 0.717) is 17.7 Å². The molecule has 9 heteroatoms. The molecule has 0 bridgehead atoms. The Morgan fingerprint density at radius 1 is 1.35 bits per heavy atom. The summed E-state index contributed by atoms with van der Waals surface area (Å²) in [5.74, 6) is -0.0272. The molecule has 0 unspecified atom stereocenters. The van der Waals surface area contributed by atoms with Crippen LogP contribution in [0.4, 0.5) is 5.69 Å². The molecule has 0 atom stereocenters. The van der Waals surface area contributed by atoms with Crippen molar-refractivity contribution in [2.75, 3.05) is 39.2 Å². The molecule has 0 radical (unpaired) electrons. The molecule has 0 saturated carbocycles. The molecule has 0 aliphatic carbocycles. The molecular weight excluding hydrogens is 416 g/mol. The van der Waals surface area contributed by atoms with E-state index in [1.165, 1.54) is 10.6 Å². The second kappa shape index (κ2) is 11.7. The Hall–Kier alpha value is -3.35. The minimum atomic E-state index is -0.782. The number of ether oxygens (including phenoxy) is 2. The molecule has 31 heavy (non-hydrogen) atoms. The van der Waals surface area contributed by atoms with Gasteiger partial charge in [-0.15, -0.1) is 11.3 Å².